The summed E-state index contributed by atoms with van der Waals surface area (Å²) in [7, 11) is 1.71. The molecule has 5 nitrogen and oxygen atoms in total. The van der Waals surface area contributed by atoms with Gasteiger partial charge in [0.05, 0.1) is 6.04 Å². The van der Waals surface area contributed by atoms with Gasteiger partial charge in [0.2, 0.25) is 0 Å². The van der Waals surface area contributed by atoms with E-state index in [2.05, 4.69) is 20.9 Å². The average molecular weight is 407 g/mol. The Morgan fingerprint density at radius 2 is 1.81 bits per heavy atom. The van der Waals surface area contributed by atoms with Crippen molar-refractivity contribution in [1.29, 1.82) is 0 Å². The number of amides is 1. The van der Waals surface area contributed by atoms with E-state index >= 15 is 0 Å². The Balaban J connectivity index is 1.94. The number of halogens is 2. The normalized spacial score (nSPS) is 12.4. The first-order valence-corrected chi connectivity index (χ1v) is 9.49. The topological polar surface area (TPSA) is 65.5 Å². The Morgan fingerprint density at radius 1 is 1.11 bits per heavy atom. The van der Waals surface area contributed by atoms with Crippen LogP contribution >= 0.6 is 23.2 Å². The van der Waals surface area contributed by atoms with Crippen LogP contribution in [0.15, 0.2) is 47.5 Å². The quantitative estimate of drug-likeness (QED) is 0.498. The van der Waals surface area contributed by atoms with Crippen LogP contribution in [0.1, 0.15) is 41.4 Å². The van der Waals surface area contributed by atoms with Gasteiger partial charge in [-0.05, 0) is 49.2 Å². The number of nitrogens with zero attached hydrogens (tertiary/aromatic N) is 1. The van der Waals surface area contributed by atoms with E-state index in [4.69, 9.17) is 23.2 Å². The molecule has 27 heavy (non-hydrogen) atoms. The van der Waals surface area contributed by atoms with Crippen LogP contribution in [0, 0.1) is 0 Å². The molecule has 7 heteroatoms. The van der Waals surface area contributed by atoms with Crippen LogP contribution in [0.3, 0.4) is 0 Å². The molecule has 0 radical (unpaired) electrons. The van der Waals surface area contributed by atoms with Gasteiger partial charge in [0.25, 0.3) is 5.91 Å². The second kappa shape index (κ2) is 10.2. The largest absolute Gasteiger partial charge is 0.352 e. The Hall–Kier alpha value is -2.24. The highest BCUT2D eigenvalue weighted by Crippen LogP contribution is 2.25. The van der Waals surface area contributed by atoms with Crippen LogP contribution < -0.4 is 16.0 Å². The maximum Gasteiger partial charge on any atom is 0.251 e. The van der Waals surface area contributed by atoms with Crippen molar-refractivity contribution in [2.45, 2.75) is 26.4 Å². The van der Waals surface area contributed by atoms with Gasteiger partial charge in [0.15, 0.2) is 5.96 Å². The van der Waals surface area contributed by atoms with Crippen molar-refractivity contribution >= 4 is 35.1 Å². The van der Waals surface area contributed by atoms with Gasteiger partial charge in [-0.15, -0.1) is 0 Å². The number of nitrogens with one attached hydrogen (secondary N) is 3. The van der Waals surface area contributed by atoms with Crippen LogP contribution in [-0.2, 0) is 6.54 Å². The summed E-state index contributed by atoms with van der Waals surface area (Å²) < 4.78 is 0. The molecule has 1 atom stereocenters. The summed E-state index contributed by atoms with van der Waals surface area (Å²) in [6.07, 6.45) is 0. The van der Waals surface area contributed by atoms with Gasteiger partial charge >= 0.3 is 0 Å². The van der Waals surface area contributed by atoms with Crippen molar-refractivity contribution < 1.29 is 4.79 Å². The standard InChI is InChI=1S/C20H24Cl2N4O/c1-4-24-19(27)15-7-5-14(6-8-15)12-25-20(23-3)26-13(2)17-10-9-16(21)11-18(17)22/h5-11,13H,4,12H2,1-3H3,(H,24,27)(H2,23,25,26). The number of benzene rings is 2. The number of hydrogen-bond donors (Lipinski definition) is 3. The van der Waals surface area contributed by atoms with Crippen molar-refractivity contribution in [2.75, 3.05) is 13.6 Å². The Morgan fingerprint density at radius 3 is 2.41 bits per heavy atom. The van der Waals surface area contributed by atoms with Crippen LogP contribution in [0.4, 0.5) is 0 Å². The summed E-state index contributed by atoms with van der Waals surface area (Å²) >= 11 is 12.2. The molecule has 2 aromatic rings. The zero-order valence-electron chi connectivity index (χ0n) is 15.6. The van der Waals surface area contributed by atoms with E-state index in [-0.39, 0.29) is 11.9 Å². The van der Waals surface area contributed by atoms with E-state index in [1.807, 2.05) is 50.2 Å². The van der Waals surface area contributed by atoms with E-state index in [9.17, 15) is 4.79 Å². The zero-order chi connectivity index (χ0) is 19.8. The maximum atomic E-state index is 11.8. The first kappa shape index (κ1) is 21.1. The number of guanidine groups is 1. The summed E-state index contributed by atoms with van der Waals surface area (Å²) in [6, 6.07) is 12.9. The molecule has 2 aromatic carbocycles. The molecule has 0 aromatic heterocycles. The number of carbonyl (C=O) groups is 1. The van der Waals surface area contributed by atoms with Crippen LogP contribution in [0.25, 0.3) is 0 Å². The van der Waals surface area contributed by atoms with E-state index < -0.39 is 0 Å². The third-order valence-corrected chi connectivity index (χ3v) is 4.58. The molecule has 1 unspecified atom stereocenters. The Labute approximate surface area is 170 Å². The van der Waals surface area contributed by atoms with E-state index in [0.717, 1.165) is 11.1 Å². The summed E-state index contributed by atoms with van der Waals surface area (Å²) in [4.78, 5) is 16.0. The third-order valence-electron chi connectivity index (χ3n) is 4.02. The molecule has 0 spiro atoms. The smallest absolute Gasteiger partial charge is 0.251 e. The fourth-order valence-electron chi connectivity index (χ4n) is 2.55. The number of hydrogen-bond acceptors (Lipinski definition) is 2. The van der Waals surface area contributed by atoms with E-state index in [1.54, 1.807) is 13.1 Å². The molecule has 144 valence electrons. The fraction of sp³-hybridized carbons (Fsp3) is 0.300. The van der Waals surface area contributed by atoms with Gasteiger partial charge in [-0.3, -0.25) is 9.79 Å². The summed E-state index contributed by atoms with van der Waals surface area (Å²) in [5.41, 5.74) is 2.63. The number of aliphatic imine (C=N–C) groups is 1. The van der Waals surface area contributed by atoms with Gasteiger partial charge in [-0.1, -0.05) is 41.4 Å². The molecule has 3 N–H and O–H groups in total. The highest BCUT2D eigenvalue weighted by atomic mass is 35.5. The van der Waals surface area contributed by atoms with Crippen molar-refractivity contribution in [3.8, 4) is 0 Å². The average Bonchev–Trinajstić information content (AvgIpc) is 2.65. The Bertz CT molecular complexity index is 806. The molecule has 0 aliphatic rings. The van der Waals surface area contributed by atoms with Crippen molar-refractivity contribution in [1.82, 2.24) is 16.0 Å². The highest BCUT2D eigenvalue weighted by Gasteiger charge is 2.12. The minimum absolute atomic E-state index is 0.0407. The third kappa shape index (κ3) is 6.15. The molecule has 0 saturated carbocycles. The van der Waals surface area contributed by atoms with Gasteiger partial charge in [-0.2, -0.15) is 0 Å². The molecule has 0 aliphatic heterocycles. The second-order valence-corrected chi connectivity index (χ2v) is 6.86. The summed E-state index contributed by atoms with van der Waals surface area (Å²) in [5.74, 6) is 0.587. The number of carbonyl (C=O) groups excluding carboxylic acids is 1. The lowest BCUT2D eigenvalue weighted by molar-refractivity contribution is 0.0956. The van der Waals surface area contributed by atoms with Crippen LogP contribution in [0.5, 0.6) is 0 Å². The molecule has 2 rings (SSSR count). The molecule has 0 saturated heterocycles. The summed E-state index contributed by atoms with van der Waals surface area (Å²) in [5, 5.41) is 10.6. The predicted molar refractivity (Wildman–Crippen MR) is 113 cm³/mol. The minimum atomic E-state index is -0.0665. The van der Waals surface area contributed by atoms with Gasteiger partial charge in [0, 0.05) is 35.7 Å². The fourth-order valence-corrected chi connectivity index (χ4v) is 3.12. The van der Waals surface area contributed by atoms with Gasteiger partial charge in [-0.25, -0.2) is 0 Å². The first-order chi connectivity index (χ1) is 12.9. The van der Waals surface area contributed by atoms with Crippen LogP contribution in [0.2, 0.25) is 10.0 Å². The van der Waals surface area contributed by atoms with Gasteiger partial charge in [0.1, 0.15) is 0 Å². The SMILES string of the molecule is CCNC(=O)c1ccc(CNC(=NC)NC(C)c2ccc(Cl)cc2Cl)cc1. The summed E-state index contributed by atoms with van der Waals surface area (Å²) in [6.45, 7) is 5.09. The second-order valence-electron chi connectivity index (χ2n) is 6.01. The molecule has 0 aliphatic carbocycles. The molecule has 1 amide bonds. The molecular weight excluding hydrogens is 383 g/mol. The van der Waals surface area contributed by atoms with Crippen molar-refractivity contribution in [3.63, 3.8) is 0 Å². The maximum absolute atomic E-state index is 11.8. The lowest BCUT2D eigenvalue weighted by Crippen LogP contribution is -2.38. The van der Waals surface area contributed by atoms with E-state index in [1.165, 1.54) is 0 Å². The lowest BCUT2D eigenvalue weighted by atomic mass is 10.1. The van der Waals surface area contributed by atoms with Gasteiger partial charge < -0.3 is 16.0 Å². The first-order valence-electron chi connectivity index (χ1n) is 8.73. The number of rotatable bonds is 6. The van der Waals surface area contributed by atoms with Crippen molar-refractivity contribution in [2.24, 2.45) is 4.99 Å². The molecule has 0 fully saturated rings. The zero-order valence-corrected chi connectivity index (χ0v) is 17.2. The molecular formula is C20H24Cl2N4O. The van der Waals surface area contributed by atoms with E-state index in [0.29, 0.717) is 34.7 Å². The molecule has 0 bridgehead atoms. The van der Waals surface area contributed by atoms with Crippen molar-refractivity contribution in [3.05, 3.63) is 69.2 Å². The Kier molecular flexibility index (Phi) is 7.95. The monoisotopic (exact) mass is 406 g/mol. The lowest BCUT2D eigenvalue weighted by Gasteiger charge is -2.19. The van der Waals surface area contributed by atoms with Crippen LogP contribution in [-0.4, -0.2) is 25.5 Å². The predicted octanol–water partition coefficient (Wildman–Crippen LogP) is 4.17. The highest BCUT2D eigenvalue weighted by molar-refractivity contribution is 6.35. The molecule has 0 heterocycles. The minimum Gasteiger partial charge on any atom is -0.352 e.